The summed E-state index contributed by atoms with van der Waals surface area (Å²) < 4.78 is 13.0. The molecule has 0 saturated heterocycles. The number of carbonyl (C=O) groups excluding carboxylic acids is 1. The van der Waals surface area contributed by atoms with E-state index in [2.05, 4.69) is 37.2 Å². The van der Waals surface area contributed by atoms with Gasteiger partial charge in [0.25, 0.3) is 0 Å². The molecule has 0 saturated carbocycles. The van der Waals surface area contributed by atoms with Gasteiger partial charge in [-0.1, -0.05) is 49.5 Å². The maximum Gasteiger partial charge on any atom is 0.417 e. The normalized spacial score (nSPS) is 10.3. The van der Waals surface area contributed by atoms with E-state index in [4.69, 9.17) is 21.1 Å². The van der Waals surface area contributed by atoms with Crippen LogP contribution in [0.3, 0.4) is 0 Å². The molecule has 26 heavy (non-hydrogen) atoms. The number of hydrogen-bond acceptors (Lipinski definition) is 3. The van der Waals surface area contributed by atoms with Gasteiger partial charge in [-0.2, -0.15) is 0 Å². The van der Waals surface area contributed by atoms with Gasteiger partial charge in [-0.3, -0.25) is 5.32 Å². The molecule has 7 heteroatoms. The van der Waals surface area contributed by atoms with E-state index in [1.54, 1.807) is 42.5 Å². The number of ether oxygens (including phenoxy) is 2. The summed E-state index contributed by atoms with van der Waals surface area (Å²) in [6.07, 6.45) is -0.647. The van der Waals surface area contributed by atoms with Crippen LogP contribution in [0.4, 0.5) is 10.5 Å². The molecule has 4 nitrogen and oxygen atoms in total. The van der Waals surface area contributed by atoms with Crippen LogP contribution >= 0.6 is 43.5 Å². The Hall–Kier alpha value is -2.02. The molecule has 1 amide bonds. The van der Waals surface area contributed by atoms with Crippen LogP contribution in [0.15, 0.2) is 75.7 Å². The summed E-state index contributed by atoms with van der Waals surface area (Å²) in [5.41, 5.74) is 0.599. The zero-order chi connectivity index (χ0) is 18.5. The molecule has 0 bridgehead atoms. The van der Waals surface area contributed by atoms with Gasteiger partial charge in [0.05, 0.1) is 0 Å². The Morgan fingerprint density at radius 1 is 0.885 bits per heavy atom. The van der Waals surface area contributed by atoms with E-state index in [-0.39, 0.29) is 5.75 Å². The lowest BCUT2D eigenvalue weighted by Crippen LogP contribution is -2.17. The Bertz CT molecular complexity index is 932. The van der Waals surface area contributed by atoms with Gasteiger partial charge in [0, 0.05) is 25.7 Å². The summed E-state index contributed by atoms with van der Waals surface area (Å²) in [6.45, 7) is 0. The van der Waals surface area contributed by atoms with Crippen molar-refractivity contribution in [3.63, 3.8) is 0 Å². The van der Waals surface area contributed by atoms with Gasteiger partial charge >= 0.3 is 6.09 Å². The lowest BCUT2D eigenvalue weighted by atomic mass is 10.3. The van der Waals surface area contributed by atoms with Gasteiger partial charge in [-0.15, -0.1) is 0 Å². The molecule has 0 aliphatic heterocycles. The minimum absolute atomic E-state index is 0.216. The minimum Gasteiger partial charge on any atom is -0.453 e. The van der Waals surface area contributed by atoms with Crippen LogP contribution in [0.25, 0.3) is 0 Å². The Morgan fingerprint density at radius 3 is 2.38 bits per heavy atom. The monoisotopic (exact) mass is 495 g/mol. The molecule has 0 aliphatic carbocycles. The quantitative estimate of drug-likeness (QED) is 0.412. The Kier molecular flexibility index (Phi) is 6.19. The largest absolute Gasteiger partial charge is 0.453 e. The van der Waals surface area contributed by atoms with E-state index in [1.807, 2.05) is 18.2 Å². The molecule has 1 N–H and O–H groups in total. The molecule has 3 aromatic carbocycles. The van der Waals surface area contributed by atoms with Crippen LogP contribution < -0.4 is 14.8 Å². The first-order chi connectivity index (χ1) is 12.5. The van der Waals surface area contributed by atoms with Crippen molar-refractivity contribution in [3.05, 3.63) is 80.7 Å². The van der Waals surface area contributed by atoms with E-state index in [9.17, 15) is 4.79 Å². The van der Waals surface area contributed by atoms with Gasteiger partial charge < -0.3 is 9.47 Å². The van der Waals surface area contributed by atoms with Crippen molar-refractivity contribution in [2.75, 3.05) is 5.32 Å². The van der Waals surface area contributed by atoms with Crippen molar-refractivity contribution < 1.29 is 14.3 Å². The molecular weight excluding hydrogens is 485 g/mol. The number of nitrogens with one attached hydrogen (secondary N) is 1. The van der Waals surface area contributed by atoms with Crippen molar-refractivity contribution in [2.24, 2.45) is 0 Å². The van der Waals surface area contributed by atoms with Gasteiger partial charge in [-0.05, 0) is 54.6 Å². The van der Waals surface area contributed by atoms with E-state index >= 15 is 0 Å². The minimum atomic E-state index is -0.647. The summed E-state index contributed by atoms with van der Waals surface area (Å²) in [4.78, 5) is 12.2. The topological polar surface area (TPSA) is 47.6 Å². The van der Waals surface area contributed by atoms with Crippen LogP contribution in [-0.4, -0.2) is 6.09 Å². The third kappa shape index (κ3) is 5.24. The molecule has 0 spiro atoms. The van der Waals surface area contributed by atoms with Crippen LogP contribution in [0, 0.1) is 0 Å². The first-order valence-electron chi connectivity index (χ1n) is 7.47. The van der Waals surface area contributed by atoms with Gasteiger partial charge in [0.15, 0.2) is 11.5 Å². The fourth-order valence-corrected chi connectivity index (χ4v) is 2.91. The lowest BCUT2D eigenvalue weighted by molar-refractivity contribution is 0.213. The van der Waals surface area contributed by atoms with Crippen molar-refractivity contribution in [3.8, 4) is 17.2 Å². The first-order valence-corrected chi connectivity index (χ1v) is 9.43. The third-order valence-electron chi connectivity index (χ3n) is 3.22. The van der Waals surface area contributed by atoms with E-state index in [1.165, 1.54) is 6.07 Å². The highest BCUT2D eigenvalue weighted by Crippen LogP contribution is 2.34. The van der Waals surface area contributed by atoms with Gasteiger partial charge in [0.1, 0.15) is 5.75 Å². The van der Waals surface area contributed by atoms with Crippen LogP contribution in [-0.2, 0) is 0 Å². The number of carbonyl (C=O) groups is 1. The maximum atomic E-state index is 12.2. The van der Waals surface area contributed by atoms with Crippen molar-refractivity contribution in [1.29, 1.82) is 0 Å². The molecule has 3 rings (SSSR count). The molecule has 0 fully saturated rings. The van der Waals surface area contributed by atoms with Crippen molar-refractivity contribution in [2.45, 2.75) is 0 Å². The van der Waals surface area contributed by atoms with Crippen LogP contribution in [0.1, 0.15) is 0 Å². The number of halogens is 3. The number of amides is 1. The average Bonchev–Trinajstić information content (AvgIpc) is 2.59. The molecule has 0 aliphatic rings. The van der Waals surface area contributed by atoms with Gasteiger partial charge in [-0.25, -0.2) is 4.79 Å². The predicted octanol–water partition coefficient (Wildman–Crippen LogP) is 7.27. The molecule has 0 unspecified atom stereocenters. The fourth-order valence-electron chi connectivity index (χ4n) is 2.09. The zero-order valence-electron chi connectivity index (χ0n) is 13.2. The molecular formula is C19H12Br2ClNO3. The Morgan fingerprint density at radius 2 is 1.65 bits per heavy atom. The molecule has 0 aromatic heterocycles. The zero-order valence-corrected chi connectivity index (χ0v) is 17.1. The second-order valence-electron chi connectivity index (χ2n) is 5.17. The van der Waals surface area contributed by atoms with Crippen LogP contribution in [0.5, 0.6) is 17.2 Å². The number of hydrogen-bond donors (Lipinski definition) is 1. The van der Waals surface area contributed by atoms with Crippen molar-refractivity contribution >= 4 is 55.2 Å². The number of benzene rings is 3. The standard InChI is InChI=1S/C19H12Br2ClNO3/c20-12-4-7-16(8-5-12)25-17-9-6-14(22)11-18(17)26-19(24)23-15-3-1-2-13(21)10-15/h1-11H,(H,23,24). The lowest BCUT2D eigenvalue weighted by Gasteiger charge is -2.12. The first kappa shape index (κ1) is 18.8. The molecule has 0 heterocycles. The SMILES string of the molecule is O=C(Nc1cccc(Br)c1)Oc1cc(Cl)ccc1Oc1ccc(Br)cc1. The van der Waals surface area contributed by atoms with E-state index in [0.717, 1.165) is 8.95 Å². The average molecular weight is 498 g/mol. The Balaban J connectivity index is 1.77. The summed E-state index contributed by atoms with van der Waals surface area (Å²) in [5.74, 6) is 1.20. The second kappa shape index (κ2) is 8.58. The van der Waals surface area contributed by atoms with Gasteiger partial charge in [0.2, 0.25) is 0 Å². The number of rotatable bonds is 4. The Labute approximate surface area is 172 Å². The predicted molar refractivity (Wildman–Crippen MR) is 109 cm³/mol. The number of anilines is 1. The highest BCUT2D eigenvalue weighted by atomic mass is 79.9. The highest BCUT2D eigenvalue weighted by Gasteiger charge is 2.13. The third-order valence-corrected chi connectivity index (χ3v) is 4.48. The fraction of sp³-hybridized carbons (Fsp3) is 0. The summed E-state index contributed by atoms with van der Waals surface area (Å²) >= 11 is 12.7. The summed E-state index contributed by atoms with van der Waals surface area (Å²) in [6, 6.07) is 19.3. The van der Waals surface area contributed by atoms with E-state index in [0.29, 0.717) is 22.2 Å². The molecule has 3 aromatic rings. The molecule has 0 radical (unpaired) electrons. The van der Waals surface area contributed by atoms with E-state index < -0.39 is 6.09 Å². The smallest absolute Gasteiger partial charge is 0.417 e. The second-order valence-corrected chi connectivity index (χ2v) is 7.44. The maximum absolute atomic E-state index is 12.2. The molecule has 132 valence electrons. The van der Waals surface area contributed by atoms with Crippen molar-refractivity contribution in [1.82, 2.24) is 0 Å². The van der Waals surface area contributed by atoms with Crippen LogP contribution in [0.2, 0.25) is 5.02 Å². The summed E-state index contributed by atoms with van der Waals surface area (Å²) in [5, 5.41) is 3.08. The highest BCUT2D eigenvalue weighted by molar-refractivity contribution is 9.10. The summed E-state index contributed by atoms with van der Waals surface area (Å²) in [7, 11) is 0. The molecule has 0 atom stereocenters.